The molecule has 5 heteroatoms. The second-order valence-electron chi connectivity index (χ2n) is 5.89. The molecule has 0 aliphatic carbocycles. The highest BCUT2D eigenvalue weighted by Gasteiger charge is 2.45. The quantitative estimate of drug-likeness (QED) is 0.709. The van der Waals surface area contributed by atoms with Gasteiger partial charge in [-0.05, 0) is 59.0 Å². The Hall–Kier alpha value is 0.314. The second kappa shape index (κ2) is 5.10. The highest BCUT2D eigenvalue weighted by Crippen LogP contribution is 2.29. The Morgan fingerprint density at radius 3 is 2.00 bits per heavy atom. The first kappa shape index (κ1) is 15.3. The van der Waals surface area contributed by atoms with E-state index in [2.05, 4.69) is 19.6 Å². The van der Waals surface area contributed by atoms with E-state index in [9.17, 15) is 4.80 Å². The summed E-state index contributed by atoms with van der Waals surface area (Å²) in [7, 11) is -3.93. The lowest BCUT2D eigenvalue weighted by Gasteiger charge is -2.42. The highest BCUT2D eigenvalue weighted by atomic mass is 28.4. The summed E-state index contributed by atoms with van der Waals surface area (Å²) in [6, 6.07) is 0.820. The predicted octanol–water partition coefficient (Wildman–Crippen LogP) is 2.07. The van der Waals surface area contributed by atoms with Crippen molar-refractivity contribution in [3.63, 3.8) is 0 Å². The van der Waals surface area contributed by atoms with Crippen LogP contribution in [0.3, 0.4) is 0 Å². The summed E-state index contributed by atoms with van der Waals surface area (Å²) < 4.78 is 6.10. The molecule has 0 radical (unpaired) electrons. The number of nitrogens with two attached hydrogens (primary N) is 1. The molecule has 0 saturated heterocycles. The molecular weight excluding hydrogens is 222 g/mol. The van der Waals surface area contributed by atoms with Crippen LogP contribution < -0.4 is 5.73 Å². The lowest BCUT2D eigenvalue weighted by atomic mass is 10.5. The maximum absolute atomic E-state index is 10.5. The van der Waals surface area contributed by atoms with Crippen LogP contribution in [-0.2, 0) is 4.43 Å². The molecule has 0 spiro atoms. The van der Waals surface area contributed by atoms with Gasteiger partial charge in [0.25, 0.3) is 0 Å². The zero-order valence-electron chi connectivity index (χ0n) is 11.1. The van der Waals surface area contributed by atoms with E-state index in [1.807, 2.05) is 20.4 Å². The SMILES string of the molecule is CC(C)(O[Si](C)(C)C)[Si](C)(O)CCCN. The average Bonchev–Trinajstić information content (AvgIpc) is 1.96. The largest absolute Gasteiger partial charge is 0.429 e. The first-order valence-electron chi connectivity index (χ1n) is 5.64. The van der Waals surface area contributed by atoms with Crippen LogP contribution in [0, 0.1) is 0 Å². The van der Waals surface area contributed by atoms with Gasteiger partial charge in [0.2, 0.25) is 8.32 Å². The van der Waals surface area contributed by atoms with Crippen LogP contribution in [0.4, 0.5) is 0 Å². The number of rotatable bonds is 6. The van der Waals surface area contributed by atoms with Crippen LogP contribution in [0.2, 0.25) is 32.2 Å². The van der Waals surface area contributed by atoms with Crippen LogP contribution in [0.15, 0.2) is 0 Å². The van der Waals surface area contributed by atoms with Gasteiger partial charge in [-0.25, -0.2) is 0 Å². The van der Waals surface area contributed by atoms with E-state index in [0.29, 0.717) is 6.54 Å². The summed E-state index contributed by atoms with van der Waals surface area (Å²) in [5.41, 5.74) is 5.49. The lowest BCUT2D eigenvalue weighted by Crippen LogP contribution is -2.58. The third-order valence-electron chi connectivity index (χ3n) is 2.73. The molecule has 0 aromatic carbocycles. The van der Waals surface area contributed by atoms with Gasteiger partial charge in [0, 0.05) is 0 Å². The van der Waals surface area contributed by atoms with Gasteiger partial charge < -0.3 is 15.0 Å². The smallest absolute Gasteiger partial charge is 0.215 e. The monoisotopic (exact) mass is 249 g/mol. The van der Waals surface area contributed by atoms with Crippen LogP contribution in [0.1, 0.15) is 20.3 Å². The molecule has 0 heterocycles. The summed E-state index contributed by atoms with van der Waals surface area (Å²) in [6.07, 6.45) is 0.887. The van der Waals surface area contributed by atoms with E-state index in [1.54, 1.807) is 0 Å². The third kappa shape index (κ3) is 5.26. The molecule has 92 valence electrons. The van der Waals surface area contributed by atoms with E-state index in [-0.39, 0.29) is 5.22 Å². The van der Waals surface area contributed by atoms with Crippen molar-refractivity contribution in [2.45, 2.75) is 57.7 Å². The fourth-order valence-electron chi connectivity index (χ4n) is 1.62. The van der Waals surface area contributed by atoms with Crippen molar-refractivity contribution < 1.29 is 9.22 Å². The van der Waals surface area contributed by atoms with Crippen LogP contribution in [0.25, 0.3) is 0 Å². The first-order chi connectivity index (χ1) is 6.52. The second-order valence-corrected chi connectivity index (χ2v) is 14.6. The molecule has 15 heavy (non-hydrogen) atoms. The van der Waals surface area contributed by atoms with Crippen molar-refractivity contribution >= 4 is 16.6 Å². The Morgan fingerprint density at radius 2 is 1.67 bits per heavy atom. The number of hydrogen-bond acceptors (Lipinski definition) is 3. The molecule has 0 aromatic heterocycles. The minimum atomic E-state index is -2.33. The van der Waals surface area contributed by atoms with Gasteiger partial charge in [0.15, 0.2) is 8.32 Å². The van der Waals surface area contributed by atoms with Gasteiger partial charge in [-0.15, -0.1) is 0 Å². The zero-order valence-corrected chi connectivity index (χ0v) is 13.1. The molecule has 3 nitrogen and oxygen atoms in total. The fourth-order valence-corrected chi connectivity index (χ4v) is 6.45. The molecule has 0 aliphatic rings. The molecule has 0 saturated carbocycles. The van der Waals surface area contributed by atoms with E-state index in [4.69, 9.17) is 10.2 Å². The molecule has 3 N–H and O–H groups in total. The summed E-state index contributed by atoms with van der Waals surface area (Å²) in [6.45, 7) is 13.1. The van der Waals surface area contributed by atoms with Gasteiger partial charge in [0.05, 0.1) is 5.22 Å². The highest BCUT2D eigenvalue weighted by molar-refractivity contribution is 6.76. The van der Waals surface area contributed by atoms with E-state index in [1.165, 1.54) is 0 Å². The maximum atomic E-state index is 10.5. The molecule has 0 amide bonds. The van der Waals surface area contributed by atoms with Gasteiger partial charge in [-0.2, -0.15) is 0 Å². The summed E-state index contributed by atoms with van der Waals surface area (Å²) in [5.74, 6) is 0. The van der Waals surface area contributed by atoms with Crippen LogP contribution in [0.5, 0.6) is 0 Å². The predicted molar refractivity (Wildman–Crippen MR) is 70.8 cm³/mol. The van der Waals surface area contributed by atoms with Gasteiger partial charge >= 0.3 is 0 Å². The average molecular weight is 250 g/mol. The normalized spacial score (nSPS) is 17.6. The van der Waals surface area contributed by atoms with E-state index in [0.717, 1.165) is 12.5 Å². The molecule has 0 aromatic rings. The topological polar surface area (TPSA) is 55.5 Å². The first-order valence-corrected chi connectivity index (χ1v) is 11.7. The Labute approximate surface area is 96.3 Å². The Bertz CT molecular complexity index is 200. The van der Waals surface area contributed by atoms with Gasteiger partial charge in [0.1, 0.15) is 0 Å². The molecule has 1 unspecified atom stereocenters. The minimum Gasteiger partial charge on any atom is -0.429 e. The van der Waals surface area contributed by atoms with Crippen molar-refractivity contribution in [1.82, 2.24) is 0 Å². The Morgan fingerprint density at radius 1 is 1.20 bits per heavy atom. The van der Waals surface area contributed by atoms with Crippen molar-refractivity contribution in [3.8, 4) is 0 Å². The third-order valence-corrected chi connectivity index (χ3v) is 8.08. The molecule has 0 aliphatic heterocycles. The standard InChI is InChI=1S/C10H27NO2Si2/c1-10(2,13-14(3,4)5)15(6,12)9-7-8-11/h12H,7-9,11H2,1-6H3. The molecule has 0 bridgehead atoms. The Balaban J connectivity index is 4.54. The fraction of sp³-hybridized carbons (Fsp3) is 1.00. The summed E-state index contributed by atoms with van der Waals surface area (Å²) >= 11 is 0. The number of hydrogen-bond donors (Lipinski definition) is 2. The molecule has 0 fully saturated rings. The maximum Gasteiger partial charge on any atom is 0.215 e. The van der Waals surface area contributed by atoms with Crippen molar-refractivity contribution in [2.75, 3.05) is 6.54 Å². The lowest BCUT2D eigenvalue weighted by molar-refractivity contribution is 0.154. The summed E-state index contributed by atoms with van der Waals surface area (Å²) in [5, 5.41) is -0.368. The van der Waals surface area contributed by atoms with Gasteiger partial charge in [-0.3, -0.25) is 0 Å². The van der Waals surface area contributed by atoms with Crippen molar-refractivity contribution in [3.05, 3.63) is 0 Å². The molecule has 1 atom stereocenters. The minimum absolute atomic E-state index is 0.368. The molecule has 0 rings (SSSR count). The van der Waals surface area contributed by atoms with E-state index >= 15 is 0 Å². The summed E-state index contributed by atoms with van der Waals surface area (Å²) in [4.78, 5) is 10.5. The van der Waals surface area contributed by atoms with Crippen LogP contribution in [-0.4, -0.2) is 33.2 Å². The van der Waals surface area contributed by atoms with Gasteiger partial charge in [-0.1, -0.05) is 0 Å². The Kier molecular flexibility index (Phi) is 5.20. The van der Waals surface area contributed by atoms with Crippen molar-refractivity contribution in [2.24, 2.45) is 5.73 Å². The van der Waals surface area contributed by atoms with E-state index < -0.39 is 16.6 Å². The van der Waals surface area contributed by atoms with Crippen LogP contribution >= 0.6 is 0 Å². The molecular formula is C10H27NO2Si2. The zero-order chi connectivity index (χ0) is 12.3. The van der Waals surface area contributed by atoms with Crippen molar-refractivity contribution in [1.29, 1.82) is 0 Å².